The summed E-state index contributed by atoms with van der Waals surface area (Å²) >= 11 is 0. The average Bonchev–Trinajstić information content (AvgIpc) is 3.01. The Morgan fingerprint density at radius 2 is 2.00 bits per heavy atom. The average molecular weight is 252 g/mol. The molecule has 98 valence electrons. The second-order valence-electron chi connectivity index (χ2n) is 4.67. The van der Waals surface area contributed by atoms with Gasteiger partial charge in [-0.05, 0) is 18.4 Å². The molecule has 1 heterocycles. The van der Waals surface area contributed by atoms with Crippen molar-refractivity contribution in [3.63, 3.8) is 0 Å². The van der Waals surface area contributed by atoms with Crippen molar-refractivity contribution in [2.75, 3.05) is 6.61 Å². The van der Waals surface area contributed by atoms with Crippen LogP contribution in [0, 0.1) is 5.92 Å². The molecule has 0 bridgehead atoms. The minimum Gasteiger partial charge on any atom is -0.462 e. The van der Waals surface area contributed by atoms with Crippen LogP contribution >= 0.6 is 0 Å². The highest BCUT2D eigenvalue weighted by Crippen LogP contribution is 2.61. The third-order valence-electron chi connectivity index (χ3n) is 3.29. The van der Waals surface area contributed by atoms with E-state index in [-0.39, 0.29) is 12.5 Å². The molecule has 1 aromatic rings. The molecule has 0 aliphatic carbocycles. The highest BCUT2D eigenvalue weighted by atomic mass is 19.2. The van der Waals surface area contributed by atoms with Crippen LogP contribution in [0.1, 0.15) is 26.3 Å². The number of carbonyl (C=O) groups is 1. The van der Waals surface area contributed by atoms with Crippen molar-refractivity contribution in [1.29, 1.82) is 0 Å². The van der Waals surface area contributed by atoms with Crippen molar-refractivity contribution in [1.82, 2.24) is 0 Å². The lowest BCUT2D eigenvalue weighted by Crippen LogP contribution is -2.33. The smallest absolute Gasteiger partial charge is 0.375 e. The third-order valence-corrected chi connectivity index (χ3v) is 3.29. The molecule has 2 rings (SSSR count). The van der Waals surface area contributed by atoms with E-state index in [0.29, 0.717) is 5.56 Å². The van der Waals surface area contributed by atoms with E-state index in [9.17, 15) is 9.18 Å². The van der Waals surface area contributed by atoms with Crippen molar-refractivity contribution >= 4 is 5.97 Å². The van der Waals surface area contributed by atoms with Gasteiger partial charge in [-0.2, -0.15) is 4.39 Å². The van der Waals surface area contributed by atoms with Crippen molar-refractivity contribution in [2.24, 2.45) is 5.92 Å². The molecule has 2 atom stereocenters. The summed E-state index contributed by atoms with van der Waals surface area (Å²) in [6.45, 7) is 5.43. The number of halogens is 1. The molecule has 0 aromatic heterocycles. The van der Waals surface area contributed by atoms with Crippen LogP contribution in [0.5, 0.6) is 0 Å². The second kappa shape index (κ2) is 4.35. The summed E-state index contributed by atoms with van der Waals surface area (Å²) in [7, 11) is 0. The molecule has 2 unspecified atom stereocenters. The van der Waals surface area contributed by atoms with Gasteiger partial charge in [-0.3, -0.25) is 0 Å². The number of hydrogen-bond acceptors (Lipinski definition) is 3. The summed E-state index contributed by atoms with van der Waals surface area (Å²) < 4.78 is 24.6. The lowest BCUT2D eigenvalue weighted by molar-refractivity contribution is -0.157. The van der Waals surface area contributed by atoms with Crippen LogP contribution in [0.3, 0.4) is 0 Å². The fraction of sp³-hybridized carbons (Fsp3) is 0.500. The summed E-state index contributed by atoms with van der Waals surface area (Å²) in [6, 6.07) is 8.96. The van der Waals surface area contributed by atoms with Gasteiger partial charge in [0.05, 0.1) is 6.61 Å². The van der Waals surface area contributed by atoms with Gasteiger partial charge in [-0.25, -0.2) is 4.79 Å². The van der Waals surface area contributed by atoms with Crippen molar-refractivity contribution in [3.05, 3.63) is 35.9 Å². The molecule has 0 N–H and O–H groups in total. The molecular weight excluding hydrogens is 235 g/mol. The summed E-state index contributed by atoms with van der Waals surface area (Å²) in [5.41, 5.74) is -0.559. The Balaban J connectivity index is 2.37. The van der Waals surface area contributed by atoms with E-state index in [0.717, 1.165) is 0 Å². The van der Waals surface area contributed by atoms with E-state index in [1.54, 1.807) is 31.2 Å². The molecule has 1 aliphatic rings. The second-order valence-corrected chi connectivity index (χ2v) is 4.67. The largest absolute Gasteiger partial charge is 0.462 e. The molecule has 0 spiro atoms. The van der Waals surface area contributed by atoms with E-state index in [1.165, 1.54) is 0 Å². The van der Waals surface area contributed by atoms with Gasteiger partial charge in [0, 0.05) is 0 Å². The number of rotatable bonds is 4. The van der Waals surface area contributed by atoms with Gasteiger partial charge in [0.1, 0.15) is 0 Å². The van der Waals surface area contributed by atoms with Crippen LogP contribution < -0.4 is 0 Å². The number of hydrogen-bond donors (Lipinski definition) is 0. The first kappa shape index (κ1) is 13.0. The Morgan fingerprint density at radius 1 is 1.39 bits per heavy atom. The van der Waals surface area contributed by atoms with Gasteiger partial charge < -0.3 is 9.47 Å². The molecule has 1 saturated heterocycles. The lowest BCUT2D eigenvalue weighted by Gasteiger charge is -2.18. The van der Waals surface area contributed by atoms with Crippen LogP contribution in [0.4, 0.5) is 4.39 Å². The first-order valence-electron chi connectivity index (χ1n) is 6.11. The standard InChI is InChI=1S/C14H17FO3/c1-4-17-12(16)14(15)13(18-14,10(2)3)11-8-6-5-7-9-11/h5-10H,4H2,1-3H3. The summed E-state index contributed by atoms with van der Waals surface area (Å²) in [4.78, 5) is 11.7. The SMILES string of the molecule is CCOC(=O)C1(F)OC1(c1ccccc1)C(C)C. The maximum Gasteiger partial charge on any atom is 0.375 e. The van der Waals surface area contributed by atoms with Gasteiger partial charge in [0.25, 0.3) is 0 Å². The molecule has 18 heavy (non-hydrogen) atoms. The predicted octanol–water partition coefficient (Wildman–Crippen LogP) is 2.80. The first-order valence-corrected chi connectivity index (χ1v) is 6.11. The van der Waals surface area contributed by atoms with Gasteiger partial charge in [-0.1, -0.05) is 44.2 Å². The third kappa shape index (κ3) is 1.63. The Morgan fingerprint density at radius 3 is 2.50 bits per heavy atom. The zero-order chi connectivity index (χ0) is 13.4. The molecule has 1 aromatic carbocycles. The van der Waals surface area contributed by atoms with Gasteiger partial charge in [-0.15, -0.1) is 0 Å². The van der Waals surface area contributed by atoms with E-state index in [1.807, 2.05) is 19.9 Å². The highest BCUT2D eigenvalue weighted by molar-refractivity contribution is 5.83. The number of esters is 1. The fourth-order valence-corrected chi connectivity index (χ4v) is 2.37. The van der Waals surface area contributed by atoms with Crippen molar-refractivity contribution < 1.29 is 18.7 Å². The fourth-order valence-electron chi connectivity index (χ4n) is 2.37. The van der Waals surface area contributed by atoms with E-state index < -0.39 is 17.4 Å². The van der Waals surface area contributed by atoms with Crippen LogP contribution in [0.15, 0.2) is 30.3 Å². The molecule has 3 nitrogen and oxygen atoms in total. The van der Waals surface area contributed by atoms with Gasteiger partial charge in [0.2, 0.25) is 0 Å². The van der Waals surface area contributed by atoms with E-state index in [2.05, 4.69) is 0 Å². The number of epoxide rings is 1. The van der Waals surface area contributed by atoms with Crippen LogP contribution in [-0.2, 0) is 19.9 Å². The monoisotopic (exact) mass is 252 g/mol. The van der Waals surface area contributed by atoms with Crippen molar-refractivity contribution in [3.8, 4) is 0 Å². The normalized spacial score (nSPS) is 30.3. The van der Waals surface area contributed by atoms with Gasteiger partial charge in [0.15, 0.2) is 5.60 Å². The zero-order valence-corrected chi connectivity index (χ0v) is 10.8. The minimum absolute atomic E-state index is 0.136. The number of alkyl halides is 1. The van der Waals surface area contributed by atoms with Crippen LogP contribution in [0.2, 0.25) is 0 Å². The van der Waals surface area contributed by atoms with Gasteiger partial charge >= 0.3 is 11.8 Å². The summed E-state index contributed by atoms with van der Waals surface area (Å²) in [5, 5.41) is 0. The Bertz CT molecular complexity index is 446. The Labute approximate surface area is 106 Å². The van der Waals surface area contributed by atoms with E-state index in [4.69, 9.17) is 9.47 Å². The maximum absolute atomic E-state index is 14.6. The topological polar surface area (TPSA) is 38.8 Å². The molecule has 1 aliphatic heterocycles. The molecule has 0 saturated carbocycles. The minimum atomic E-state index is -2.36. The summed E-state index contributed by atoms with van der Waals surface area (Å²) in [6.07, 6.45) is 0. The summed E-state index contributed by atoms with van der Waals surface area (Å²) in [5.74, 6) is -3.48. The first-order chi connectivity index (χ1) is 8.49. The zero-order valence-electron chi connectivity index (χ0n) is 10.8. The predicted molar refractivity (Wildman–Crippen MR) is 64.5 cm³/mol. The molecule has 4 heteroatoms. The number of ether oxygens (including phenoxy) is 2. The van der Waals surface area contributed by atoms with Crippen LogP contribution in [-0.4, -0.2) is 18.4 Å². The highest BCUT2D eigenvalue weighted by Gasteiger charge is 2.80. The quantitative estimate of drug-likeness (QED) is 0.611. The maximum atomic E-state index is 14.6. The van der Waals surface area contributed by atoms with Crippen molar-refractivity contribution in [2.45, 2.75) is 32.2 Å². The Kier molecular flexibility index (Phi) is 3.15. The number of carbonyl (C=O) groups excluding carboxylic acids is 1. The van der Waals surface area contributed by atoms with E-state index >= 15 is 0 Å². The molecule has 1 fully saturated rings. The molecular formula is C14H17FO3. The molecule has 0 amide bonds. The number of benzene rings is 1. The van der Waals surface area contributed by atoms with Crippen LogP contribution in [0.25, 0.3) is 0 Å². The lowest BCUT2D eigenvalue weighted by atomic mass is 9.84. The Hall–Kier alpha value is -1.42. The molecule has 0 radical (unpaired) electrons.